The topological polar surface area (TPSA) is 32.3 Å². The van der Waals surface area contributed by atoms with Gasteiger partial charge in [0.15, 0.2) is 0 Å². The van der Waals surface area contributed by atoms with Crippen LogP contribution >= 0.6 is 0 Å². The second kappa shape index (κ2) is 5.66. The predicted molar refractivity (Wildman–Crippen MR) is 67.5 cm³/mol. The van der Waals surface area contributed by atoms with Crippen LogP contribution in [0.5, 0.6) is 0 Å². The van der Waals surface area contributed by atoms with E-state index >= 15 is 0 Å². The first-order valence-electron chi connectivity index (χ1n) is 5.57. The van der Waals surface area contributed by atoms with Gasteiger partial charge >= 0.3 is 0 Å². The molecule has 1 rings (SSSR count). The largest absolute Gasteiger partial charge is 0.314 e. The maximum absolute atomic E-state index is 12.2. The fourth-order valence-electron chi connectivity index (χ4n) is 1.73. The third kappa shape index (κ3) is 2.83. The van der Waals surface area contributed by atoms with Crippen molar-refractivity contribution < 1.29 is 4.79 Å². The van der Waals surface area contributed by atoms with Crippen molar-refractivity contribution in [1.29, 1.82) is 0 Å². The average molecular weight is 220 g/mol. The number of nitrogens with zero attached hydrogens (tertiary/aromatic N) is 1. The molecule has 0 aliphatic carbocycles. The van der Waals surface area contributed by atoms with Gasteiger partial charge in [-0.25, -0.2) is 0 Å². The minimum Gasteiger partial charge on any atom is -0.314 e. The van der Waals surface area contributed by atoms with Crippen LogP contribution in [-0.2, 0) is 4.79 Å². The number of carbonyl (C=O) groups excluding carboxylic acids is 1. The van der Waals surface area contributed by atoms with Crippen LogP contribution in [0.4, 0.5) is 5.69 Å². The number of likely N-dealkylation sites (N-methyl/N-ethyl adjacent to an activating group) is 2. The molecule has 0 bridgehead atoms. The second-order valence-corrected chi connectivity index (χ2v) is 4.24. The zero-order valence-electron chi connectivity index (χ0n) is 10.4. The minimum atomic E-state index is -0.134. The van der Waals surface area contributed by atoms with Crippen LogP contribution in [0.3, 0.4) is 0 Å². The summed E-state index contributed by atoms with van der Waals surface area (Å²) in [6, 6.07) is 9.55. The lowest BCUT2D eigenvalue weighted by Gasteiger charge is -2.25. The van der Waals surface area contributed by atoms with Gasteiger partial charge in [0.25, 0.3) is 0 Å². The van der Waals surface area contributed by atoms with Crippen LogP contribution in [0, 0.1) is 5.92 Å². The molecule has 0 aromatic heterocycles. The van der Waals surface area contributed by atoms with Crippen LogP contribution in [-0.4, -0.2) is 26.0 Å². The Morgan fingerprint density at radius 2 is 1.81 bits per heavy atom. The standard InChI is InChI=1S/C13H20N2O/c1-10(2)12(14-3)13(16)15(4)11-8-6-5-7-9-11/h5-10,12,14H,1-4H3. The molecule has 1 aromatic carbocycles. The van der Waals surface area contributed by atoms with Crippen LogP contribution in [0.2, 0.25) is 0 Å². The van der Waals surface area contributed by atoms with Gasteiger partial charge in [-0.05, 0) is 25.1 Å². The monoisotopic (exact) mass is 220 g/mol. The molecule has 1 amide bonds. The Balaban J connectivity index is 2.81. The van der Waals surface area contributed by atoms with Gasteiger partial charge in [0.05, 0.1) is 6.04 Å². The smallest absolute Gasteiger partial charge is 0.244 e. The molecular weight excluding hydrogens is 200 g/mol. The van der Waals surface area contributed by atoms with Crippen LogP contribution in [0.25, 0.3) is 0 Å². The normalized spacial score (nSPS) is 12.6. The first-order chi connectivity index (χ1) is 7.57. The molecule has 1 unspecified atom stereocenters. The number of carbonyl (C=O) groups is 1. The Morgan fingerprint density at radius 3 is 2.25 bits per heavy atom. The fraction of sp³-hybridized carbons (Fsp3) is 0.462. The number of rotatable bonds is 4. The Bertz CT molecular complexity index is 335. The summed E-state index contributed by atoms with van der Waals surface area (Å²) in [4.78, 5) is 13.9. The Morgan fingerprint density at radius 1 is 1.25 bits per heavy atom. The molecule has 16 heavy (non-hydrogen) atoms. The number of hydrogen-bond donors (Lipinski definition) is 1. The summed E-state index contributed by atoms with van der Waals surface area (Å²) in [6.07, 6.45) is 0. The number of hydrogen-bond acceptors (Lipinski definition) is 2. The van der Waals surface area contributed by atoms with E-state index in [0.717, 1.165) is 5.69 Å². The molecule has 3 heteroatoms. The lowest BCUT2D eigenvalue weighted by atomic mass is 10.0. The molecule has 1 N–H and O–H groups in total. The van der Waals surface area contributed by atoms with Crippen molar-refractivity contribution in [3.8, 4) is 0 Å². The van der Waals surface area contributed by atoms with Crippen molar-refractivity contribution in [3.05, 3.63) is 30.3 Å². The molecule has 0 radical (unpaired) electrons. The summed E-state index contributed by atoms with van der Waals surface area (Å²) in [7, 11) is 3.63. The molecule has 3 nitrogen and oxygen atoms in total. The molecule has 0 fully saturated rings. The van der Waals surface area contributed by atoms with E-state index in [9.17, 15) is 4.79 Å². The molecule has 1 aromatic rings. The van der Waals surface area contributed by atoms with Crippen molar-refractivity contribution in [2.45, 2.75) is 19.9 Å². The van der Waals surface area contributed by atoms with Crippen LogP contribution in [0.15, 0.2) is 30.3 Å². The maximum Gasteiger partial charge on any atom is 0.244 e. The lowest BCUT2D eigenvalue weighted by molar-refractivity contribution is -0.121. The Hall–Kier alpha value is -1.35. The Labute approximate surface area is 97.5 Å². The molecule has 0 saturated heterocycles. The first-order valence-corrected chi connectivity index (χ1v) is 5.57. The quantitative estimate of drug-likeness (QED) is 0.840. The van der Waals surface area contributed by atoms with Gasteiger partial charge in [0.1, 0.15) is 0 Å². The first kappa shape index (κ1) is 12.7. The van der Waals surface area contributed by atoms with Gasteiger partial charge in [0, 0.05) is 12.7 Å². The van der Waals surface area contributed by atoms with E-state index in [2.05, 4.69) is 5.32 Å². The zero-order valence-corrected chi connectivity index (χ0v) is 10.4. The number of anilines is 1. The van der Waals surface area contributed by atoms with Crippen molar-refractivity contribution in [2.24, 2.45) is 5.92 Å². The number of benzene rings is 1. The van der Waals surface area contributed by atoms with Crippen molar-refractivity contribution >= 4 is 11.6 Å². The van der Waals surface area contributed by atoms with E-state index in [0.29, 0.717) is 0 Å². The molecule has 0 saturated carbocycles. The van der Waals surface area contributed by atoms with E-state index in [1.807, 2.05) is 58.3 Å². The van der Waals surface area contributed by atoms with E-state index in [-0.39, 0.29) is 17.9 Å². The third-order valence-corrected chi connectivity index (χ3v) is 2.72. The highest BCUT2D eigenvalue weighted by Crippen LogP contribution is 2.14. The van der Waals surface area contributed by atoms with Gasteiger partial charge in [-0.2, -0.15) is 0 Å². The van der Waals surface area contributed by atoms with E-state index in [4.69, 9.17) is 0 Å². The molecule has 0 aliphatic rings. The predicted octanol–water partition coefficient (Wildman–Crippen LogP) is 1.89. The summed E-state index contributed by atoms with van der Waals surface area (Å²) in [5, 5.41) is 3.06. The minimum absolute atomic E-state index is 0.101. The van der Waals surface area contributed by atoms with Gasteiger partial charge in [0.2, 0.25) is 5.91 Å². The van der Waals surface area contributed by atoms with Gasteiger partial charge < -0.3 is 10.2 Å². The molecule has 0 aliphatic heterocycles. The van der Waals surface area contributed by atoms with Gasteiger partial charge in [-0.15, -0.1) is 0 Å². The number of amides is 1. The summed E-state index contributed by atoms with van der Waals surface area (Å²) in [6.45, 7) is 4.08. The summed E-state index contributed by atoms with van der Waals surface area (Å²) in [5.74, 6) is 0.382. The SMILES string of the molecule is CNC(C(=O)N(C)c1ccccc1)C(C)C. The summed E-state index contributed by atoms with van der Waals surface area (Å²) in [5.41, 5.74) is 0.924. The molecular formula is C13H20N2O. The molecule has 88 valence electrons. The fourth-order valence-corrected chi connectivity index (χ4v) is 1.73. The number of para-hydroxylation sites is 1. The van der Waals surface area contributed by atoms with Crippen molar-refractivity contribution in [3.63, 3.8) is 0 Å². The zero-order chi connectivity index (χ0) is 12.1. The van der Waals surface area contributed by atoms with Gasteiger partial charge in [-0.3, -0.25) is 4.79 Å². The lowest BCUT2D eigenvalue weighted by Crippen LogP contribution is -2.46. The average Bonchev–Trinajstić information content (AvgIpc) is 2.29. The molecule has 0 spiro atoms. The van der Waals surface area contributed by atoms with E-state index in [1.54, 1.807) is 4.90 Å². The second-order valence-electron chi connectivity index (χ2n) is 4.24. The van der Waals surface area contributed by atoms with Crippen LogP contribution in [0.1, 0.15) is 13.8 Å². The third-order valence-electron chi connectivity index (χ3n) is 2.72. The Kier molecular flexibility index (Phi) is 4.50. The maximum atomic E-state index is 12.2. The van der Waals surface area contributed by atoms with E-state index < -0.39 is 0 Å². The van der Waals surface area contributed by atoms with Crippen LogP contribution < -0.4 is 10.2 Å². The highest BCUT2D eigenvalue weighted by atomic mass is 16.2. The number of nitrogens with one attached hydrogen (secondary N) is 1. The van der Waals surface area contributed by atoms with Crippen molar-refractivity contribution in [1.82, 2.24) is 5.32 Å². The molecule has 0 heterocycles. The molecule has 1 atom stereocenters. The van der Waals surface area contributed by atoms with Crippen molar-refractivity contribution in [2.75, 3.05) is 19.0 Å². The van der Waals surface area contributed by atoms with E-state index in [1.165, 1.54) is 0 Å². The highest BCUT2D eigenvalue weighted by molar-refractivity contribution is 5.96. The van der Waals surface area contributed by atoms with Gasteiger partial charge in [-0.1, -0.05) is 32.0 Å². The summed E-state index contributed by atoms with van der Waals surface area (Å²) >= 11 is 0. The highest BCUT2D eigenvalue weighted by Gasteiger charge is 2.23. The summed E-state index contributed by atoms with van der Waals surface area (Å²) < 4.78 is 0.